The Labute approximate surface area is 177 Å². The highest BCUT2D eigenvalue weighted by Gasteiger charge is 2.31. The normalized spacial score (nSPS) is 13.1. The lowest BCUT2D eigenvalue weighted by molar-refractivity contribution is -0.138. The summed E-state index contributed by atoms with van der Waals surface area (Å²) in [6, 6.07) is 20.3. The second kappa shape index (κ2) is 8.66. The van der Waals surface area contributed by atoms with Gasteiger partial charge in [-0.2, -0.15) is 0 Å². The summed E-state index contributed by atoms with van der Waals surface area (Å²) in [5, 5.41) is 10.8. The molecule has 8 nitrogen and oxygen atoms in total. The topological polar surface area (TPSA) is 93.7 Å². The van der Waals surface area contributed by atoms with Crippen LogP contribution in [0.15, 0.2) is 66.7 Å². The largest absolute Gasteiger partial charge is 0.466 e. The number of para-hydroxylation sites is 1. The lowest BCUT2D eigenvalue weighted by Crippen LogP contribution is -2.39. The number of rotatable bonds is 6. The summed E-state index contributed by atoms with van der Waals surface area (Å²) in [6.45, 7) is -0.360. The zero-order valence-electron chi connectivity index (χ0n) is 15.6. The molecule has 0 saturated carbocycles. The molecular formula is C21H16N4O4S. The van der Waals surface area contributed by atoms with Gasteiger partial charge in [-0.3, -0.25) is 9.59 Å². The van der Waals surface area contributed by atoms with Crippen molar-refractivity contribution in [2.75, 3.05) is 13.2 Å². The van der Waals surface area contributed by atoms with E-state index in [9.17, 15) is 9.59 Å². The second-order valence-corrected chi connectivity index (χ2v) is 6.65. The molecule has 0 spiro atoms. The van der Waals surface area contributed by atoms with E-state index in [0.717, 1.165) is 16.2 Å². The zero-order valence-corrected chi connectivity index (χ0v) is 16.5. The second-order valence-electron chi connectivity index (χ2n) is 6.27. The van der Waals surface area contributed by atoms with Crippen molar-refractivity contribution in [1.82, 2.24) is 20.4 Å². The monoisotopic (exact) mass is 420 g/mol. The van der Waals surface area contributed by atoms with Crippen molar-refractivity contribution in [3.63, 3.8) is 0 Å². The van der Waals surface area contributed by atoms with E-state index in [1.165, 1.54) is 0 Å². The Morgan fingerprint density at radius 1 is 1.00 bits per heavy atom. The summed E-state index contributed by atoms with van der Waals surface area (Å²) in [7, 11) is 0. The van der Waals surface area contributed by atoms with Gasteiger partial charge in [0.25, 0.3) is 11.8 Å². The Hall–Kier alpha value is -3.85. The van der Waals surface area contributed by atoms with Crippen LogP contribution in [0, 0.1) is 0 Å². The van der Waals surface area contributed by atoms with E-state index in [4.69, 9.17) is 21.7 Å². The summed E-state index contributed by atoms with van der Waals surface area (Å²) >= 11 is 4.92. The lowest BCUT2D eigenvalue weighted by atomic mass is 10.1. The molecule has 2 aromatic carbocycles. The van der Waals surface area contributed by atoms with E-state index in [2.05, 4.69) is 15.5 Å². The smallest absolute Gasteiger partial charge is 0.273 e. The van der Waals surface area contributed by atoms with Crippen molar-refractivity contribution in [2.45, 2.75) is 0 Å². The number of imide groups is 1. The number of aromatic nitrogens is 2. The molecule has 150 valence electrons. The highest BCUT2D eigenvalue weighted by molar-refractivity contribution is 7.80. The molecule has 9 heteroatoms. The minimum atomic E-state index is -0.560. The molecule has 0 radical (unpaired) electrons. The van der Waals surface area contributed by atoms with E-state index >= 15 is 0 Å². The van der Waals surface area contributed by atoms with Gasteiger partial charge in [0.1, 0.15) is 11.5 Å². The fraction of sp³-hybridized carbons (Fsp3) is 0.0952. The van der Waals surface area contributed by atoms with E-state index in [0.29, 0.717) is 11.4 Å². The quantitative estimate of drug-likeness (QED) is 0.608. The summed E-state index contributed by atoms with van der Waals surface area (Å²) in [4.78, 5) is 24.6. The van der Waals surface area contributed by atoms with Crippen molar-refractivity contribution in [1.29, 1.82) is 0 Å². The first-order valence-corrected chi connectivity index (χ1v) is 9.44. The van der Waals surface area contributed by atoms with Crippen LogP contribution in [0.2, 0.25) is 0 Å². The zero-order chi connectivity index (χ0) is 20.9. The maximum Gasteiger partial charge on any atom is 0.273 e. The average molecular weight is 420 g/mol. The number of carbonyl (C=O) groups is 2. The molecule has 2 amide bonds. The van der Waals surface area contributed by atoms with Crippen LogP contribution in [0.3, 0.4) is 0 Å². The van der Waals surface area contributed by atoms with E-state index < -0.39 is 11.8 Å². The highest BCUT2D eigenvalue weighted by Crippen LogP contribution is 2.25. The van der Waals surface area contributed by atoms with Crippen LogP contribution in [-0.4, -0.2) is 45.2 Å². The van der Waals surface area contributed by atoms with Gasteiger partial charge < -0.3 is 14.8 Å². The number of nitrogens with zero attached hydrogens (tertiary/aromatic N) is 3. The minimum Gasteiger partial charge on any atom is -0.466 e. The fourth-order valence-electron chi connectivity index (χ4n) is 2.74. The number of amides is 2. The van der Waals surface area contributed by atoms with Crippen LogP contribution in [0.5, 0.6) is 17.4 Å². The van der Waals surface area contributed by atoms with Crippen LogP contribution in [-0.2, 0) is 9.59 Å². The summed E-state index contributed by atoms with van der Waals surface area (Å²) in [5.74, 6) is 0.666. The molecule has 1 aliphatic rings. The first-order valence-electron chi connectivity index (χ1n) is 9.03. The number of benzene rings is 2. The number of thiocarbonyl (C=S) groups is 1. The maximum absolute atomic E-state index is 12.1. The molecule has 0 bridgehead atoms. The Morgan fingerprint density at radius 2 is 1.73 bits per heavy atom. The molecule has 1 saturated heterocycles. The highest BCUT2D eigenvalue weighted by atomic mass is 32.1. The molecule has 1 fully saturated rings. The van der Waals surface area contributed by atoms with Crippen LogP contribution in [0.25, 0.3) is 11.3 Å². The van der Waals surface area contributed by atoms with Gasteiger partial charge in [0.15, 0.2) is 11.7 Å². The third kappa shape index (κ3) is 4.41. The lowest BCUT2D eigenvalue weighted by Gasteiger charge is -2.12. The van der Waals surface area contributed by atoms with Gasteiger partial charge in [-0.1, -0.05) is 18.2 Å². The van der Waals surface area contributed by atoms with Crippen molar-refractivity contribution in [2.24, 2.45) is 0 Å². The van der Waals surface area contributed by atoms with Crippen molar-refractivity contribution < 1.29 is 19.1 Å². The minimum absolute atomic E-state index is 0.00819. The van der Waals surface area contributed by atoms with E-state index in [-0.39, 0.29) is 24.1 Å². The van der Waals surface area contributed by atoms with Gasteiger partial charge in [0.05, 0.1) is 12.2 Å². The molecule has 0 unspecified atom stereocenters. The Balaban J connectivity index is 1.35. The Kier molecular flexibility index (Phi) is 5.62. The van der Waals surface area contributed by atoms with Gasteiger partial charge in [0, 0.05) is 11.6 Å². The summed E-state index contributed by atoms with van der Waals surface area (Å²) in [6.07, 6.45) is 0. The van der Waals surface area contributed by atoms with Crippen LogP contribution < -0.4 is 14.8 Å². The van der Waals surface area contributed by atoms with Gasteiger partial charge in [-0.25, -0.2) is 4.90 Å². The molecule has 1 aromatic heterocycles. The third-order valence-corrected chi connectivity index (χ3v) is 4.53. The fourth-order valence-corrected chi connectivity index (χ4v) is 3.02. The van der Waals surface area contributed by atoms with Gasteiger partial charge in [-0.15, -0.1) is 10.2 Å². The molecule has 2 heterocycles. The van der Waals surface area contributed by atoms with Gasteiger partial charge in [-0.05, 0) is 54.7 Å². The number of hydrogen-bond acceptors (Lipinski definition) is 7. The molecule has 1 aliphatic heterocycles. The molecule has 1 N–H and O–H groups in total. The molecule has 0 aliphatic carbocycles. The molecule has 4 rings (SSSR count). The van der Waals surface area contributed by atoms with Gasteiger partial charge >= 0.3 is 0 Å². The number of carbonyl (C=O) groups excluding carboxylic acids is 2. The SMILES string of the molecule is O=C1CNC(=S)N1C(=O)COc1ccc(-c2ccc(Oc3ccccc3)cc2)nn1. The predicted molar refractivity (Wildman–Crippen MR) is 112 cm³/mol. The first kappa shape index (κ1) is 19.5. The molecule has 30 heavy (non-hydrogen) atoms. The predicted octanol–water partition coefficient (Wildman–Crippen LogP) is 2.56. The van der Waals surface area contributed by atoms with Crippen LogP contribution >= 0.6 is 12.2 Å². The van der Waals surface area contributed by atoms with E-state index in [1.54, 1.807) is 12.1 Å². The van der Waals surface area contributed by atoms with Crippen molar-refractivity contribution in [3.05, 3.63) is 66.7 Å². The molecule has 0 atom stereocenters. The number of hydrogen-bond donors (Lipinski definition) is 1. The van der Waals surface area contributed by atoms with Crippen molar-refractivity contribution >= 4 is 29.1 Å². The Morgan fingerprint density at radius 3 is 2.37 bits per heavy atom. The summed E-state index contributed by atoms with van der Waals surface area (Å²) < 4.78 is 11.1. The van der Waals surface area contributed by atoms with E-state index in [1.807, 2.05) is 54.6 Å². The summed E-state index contributed by atoms with van der Waals surface area (Å²) in [5.41, 5.74) is 1.49. The molecule has 3 aromatic rings. The maximum atomic E-state index is 12.1. The average Bonchev–Trinajstić information content (AvgIpc) is 3.12. The van der Waals surface area contributed by atoms with Crippen molar-refractivity contribution in [3.8, 4) is 28.6 Å². The number of nitrogens with one attached hydrogen (secondary N) is 1. The molecular weight excluding hydrogens is 404 g/mol. The number of ether oxygens (including phenoxy) is 2. The van der Waals surface area contributed by atoms with Gasteiger partial charge in [0.2, 0.25) is 5.88 Å². The standard InChI is InChI=1S/C21H16N4O4S/c26-19-12-22-21(30)25(19)20(27)13-28-18-11-10-17(23-24-18)14-6-8-16(9-7-14)29-15-4-2-1-3-5-15/h1-11H,12-13H2,(H,22,30). The third-order valence-electron chi connectivity index (χ3n) is 4.21. The Bertz CT molecular complexity index is 1060. The first-order chi connectivity index (χ1) is 14.6. The van der Waals surface area contributed by atoms with Crippen LogP contribution in [0.1, 0.15) is 0 Å². The van der Waals surface area contributed by atoms with Crippen LogP contribution in [0.4, 0.5) is 0 Å².